The molecule has 5 atom stereocenters. The predicted molar refractivity (Wildman–Crippen MR) is 58.9 cm³/mol. The highest BCUT2D eigenvalue weighted by Gasteiger charge is 2.56. The van der Waals surface area contributed by atoms with E-state index < -0.39 is 0 Å². The zero-order chi connectivity index (χ0) is 9.76. The molecule has 0 aromatic rings. The van der Waals surface area contributed by atoms with E-state index in [1.54, 1.807) is 0 Å². The van der Waals surface area contributed by atoms with Crippen molar-refractivity contribution in [2.45, 2.75) is 57.9 Å². The van der Waals surface area contributed by atoms with Gasteiger partial charge in [-0.2, -0.15) is 0 Å². The minimum Gasteiger partial charge on any atom is -0.327 e. The van der Waals surface area contributed by atoms with Crippen LogP contribution in [-0.2, 0) is 0 Å². The Morgan fingerprint density at radius 3 is 2.71 bits per heavy atom. The molecule has 3 fully saturated rings. The Balaban J connectivity index is 1.87. The van der Waals surface area contributed by atoms with E-state index in [-0.39, 0.29) is 0 Å². The standard InChI is InChI=1S/C13H23N/c1-9-3-2-6-13(8-9)11-5-4-10(7-11)12(13)14/h9-12H,2-8,14H2,1H3/t9-,10+,11-,12+,13?/m0/s1. The molecule has 3 aliphatic carbocycles. The van der Waals surface area contributed by atoms with Gasteiger partial charge in [0.2, 0.25) is 0 Å². The van der Waals surface area contributed by atoms with Crippen LogP contribution in [0.5, 0.6) is 0 Å². The summed E-state index contributed by atoms with van der Waals surface area (Å²) in [4.78, 5) is 0. The predicted octanol–water partition coefficient (Wildman–Crippen LogP) is 2.94. The Labute approximate surface area is 87.4 Å². The molecule has 0 amide bonds. The third-order valence-electron chi connectivity index (χ3n) is 5.53. The van der Waals surface area contributed by atoms with Crippen LogP contribution >= 0.6 is 0 Å². The second-order valence-electron chi connectivity index (χ2n) is 6.23. The fraction of sp³-hybridized carbons (Fsp3) is 1.00. The van der Waals surface area contributed by atoms with E-state index in [0.29, 0.717) is 11.5 Å². The van der Waals surface area contributed by atoms with E-state index >= 15 is 0 Å². The minimum absolute atomic E-state index is 0.559. The molecule has 0 aromatic carbocycles. The summed E-state index contributed by atoms with van der Waals surface area (Å²) in [5.41, 5.74) is 7.09. The molecular formula is C13H23N. The van der Waals surface area contributed by atoms with Crippen LogP contribution in [0.1, 0.15) is 51.9 Å². The Kier molecular flexibility index (Phi) is 1.96. The Hall–Kier alpha value is -0.0400. The average molecular weight is 193 g/mol. The molecule has 3 rings (SSSR count). The third kappa shape index (κ3) is 1.05. The molecule has 0 heterocycles. The topological polar surface area (TPSA) is 26.0 Å². The molecule has 14 heavy (non-hydrogen) atoms. The molecular weight excluding hydrogens is 170 g/mol. The highest BCUT2D eigenvalue weighted by molar-refractivity contribution is 5.09. The van der Waals surface area contributed by atoms with Crippen molar-refractivity contribution in [2.75, 3.05) is 0 Å². The lowest BCUT2D eigenvalue weighted by Gasteiger charge is -2.47. The molecule has 1 spiro atoms. The van der Waals surface area contributed by atoms with E-state index in [1.807, 2.05) is 0 Å². The van der Waals surface area contributed by atoms with Crippen molar-refractivity contribution in [1.29, 1.82) is 0 Å². The normalized spacial score (nSPS) is 57.0. The van der Waals surface area contributed by atoms with Gasteiger partial charge < -0.3 is 5.73 Å². The van der Waals surface area contributed by atoms with Gasteiger partial charge in [0.25, 0.3) is 0 Å². The van der Waals surface area contributed by atoms with E-state index in [4.69, 9.17) is 5.73 Å². The van der Waals surface area contributed by atoms with E-state index in [0.717, 1.165) is 17.8 Å². The van der Waals surface area contributed by atoms with Gasteiger partial charge in [-0.3, -0.25) is 0 Å². The van der Waals surface area contributed by atoms with Gasteiger partial charge in [0.05, 0.1) is 0 Å². The monoisotopic (exact) mass is 193 g/mol. The van der Waals surface area contributed by atoms with Crippen molar-refractivity contribution < 1.29 is 0 Å². The Morgan fingerprint density at radius 1 is 1.21 bits per heavy atom. The number of rotatable bonds is 0. The summed E-state index contributed by atoms with van der Waals surface area (Å²) in [6.07, 6.45) is 10.2. The van der Waals surface area contributed by atoms with Crippen LogP contribution in [0.4, 0.5) is 0 Å². The minimum atomic E-state index is 0.559. The molecule has 0 aliphatic heterocycles. The van der Waals surface area contributed by atoms with Crippen LogP contribution in [-0.4, -0.2) is 6.04 Å². The first-order valence-corrected chi connectivity index (χ1v) is 6.48. The van der Waals surface area contributed by atoms with Gasteiger partial charge in [-0.25, -0.2) is 0 Å². The lowest BCUT2D eigenvalue weighted by Crippen LogP contribution is -2.48. The summed E-state index contributed by atoms with van der Waals surface area (Å²) < 4.78 is 0. The van der Waals surface area contributed by atoms with Crippen molar-refractivity contribution in [3.8, 4) is 0 Å². The first-order valence-electron chi connectivity index (χ1n) is 6.48. The van der Waals surface area contributed by atoms with Gasteiger partial charge in [0.1, 0.15) is 0 Å². The van der Waals surface area contributed by atoms with E-state index in [2.05, 4.69) is 6.92 Å². The maximum Gasteiger partial charge on any atom is 0.0127 e. The lowest BCUT2D eigenvalue weighted by molar-refractivity contribution is 0.0531. The van der Waals surface area contributed by atoms with Gasteiger partial charge in [-0.05, 0) is 55.3 Å². The number of fused-ring (bicyclic) bond motifs is 3. The van der Waals surface area contributed by atoms with Gasteiger partial charge in [-0.1, -0.05) is 19.8 Å². The second-order valence-corrected chi connectivity index (χ2v) is 6.23. The second kappa shape index (κ2) is 2.98. The highest BCUT2D eigenvalue weighted by atomic mass is 14.8. The number of hydrogen-bond donors (Lipinski definition) is 1. The summed E-state index contributed by atoms with van der Waals surface area (Å²) >= 11 is 0. The van der Waals surface area contributed by atoms with E-state index in [9.17, 15) is 0 Å². The summed E-state index contributed by atoms with van der Waals surface area (Å²) in [6, 6.07) is 0.559. The largest absolute Gasteiger partial charge is 0.327 e. The summed E-state index contributed by atoms with van der Waals surface area (Å²) in [7, 11) is 0. The highest BCUT2D eigenvalue weighted by Crippen LogP contribution is 2.61. The fourth-order valence-electron chi connectivity index (χ4n) is 4.91. The van der Waals surface area contributed by atoms with Gasteiger partial charge in [-0.15, -0.1) is 0 Å². The van der Waals surface area contributed by atoms with Crippen molar-refractivity contribution in [2.24, 2.45) is 28.9 Å². The molecule has 0 saturated heterocycles. The first kappa shape index (κ1) is 9.21. The smallest absolute Gasteiger partial charge is 0.0127 e. The van der Waals surface area contributed by atoms with Gasteiger partial charge in [0.15, 0.2) is 0 Å². The molecule has 3 aliphatic rings. The molecule has 1 heteroatoms. The summed E-state index contributed by atoms with van der Waals surface area (Å²) in [5.74, 6) is 2.84. The van der Waals surface area contributed by atoms with E-state index in [1.165, 1.54) is 44.9 Å². The van der Waals surface area contributed by atoms with Gasteiger partial charge in [0, 0.05) is 6.04 Å². The molecule has 2 N–H and O–H groups in total. The van der Waals surface area contributed by atoms with Crippen molar-refractivity contribution in [3.63, 3.8) is 0 Å². The molecule has 3 saturated carbocycles. The molecule has 0 aromatic heterocycles. The number of nitrogens with two attached hydrogens (primary N) is 1. The Bertz CT molecular complexity index is 233. The van der Waals surface area contributed by atoms with Crippen LogP contribution in [0.2, 0.25) is 0 Å². The maximum absolute atomic E-state index is 6.49. The average Bonchev–Trinajstić information content (AvgIpc) is 2.71. The quantitative estimate of drug-likeness (QED) is 0.629. The summed E-state index contributed by atoms with van der Waals surface area (Å²) in [6.45, 7) is 2.43. The van der Waals surface area contributed by atoms with Crippen molar-refractivity contribution in [1.82, 2.24) is 0 Å². The van der Waals surface area contributed by atoms with Crippen molar-refractivity contribution in [3.05, 3.63) is 0 Å². The zero-order valence-electron chi connectivity index (χ0n) is 9.34. The molecule has 0 radical (unpaired) electrons. The fourth-order valence-corrected chi connectivity index (χ4v) is 4.91. The molecule has 80 valence electrons. The zero-order valence-corrected chi connectivity index (χ0v) is 9.34. The van der Waals surface area contributed by atoms with Crippen LogP contribution in [0.3, 0.4) is 0 Å². The lowest BCUT2D eigenvalue weighted by atomic mass is 9.60. The molecule has 1 unspecified atom stereocenters. The number of hydrogen-bond acceptors (Lipinski definition) is 1. The third-order valence-corrected chi connectivity index (χ3v) is 5.53. The first-order chi connectivity index (χ1) is 6.72. The van der Waals surface area contributed by atoms with Crippen LogP contribution in [0.15, 0.2) is 0 Å². The van der Waals surface area contributed by atoms with Gasteiger partial charge >= 0.3 is 0 Å². The van der Waals surface area contributed by atoms with Crippen molar-refractivity contribution >= 4 is 0 Å². The molecule has 2 bridgehead atoms. The van der Waals surface area contributed by atoms with Crippen LogP contribution in [0.25, 0.3) is 0 Å². The summed E-state index contributed by atoms with van der Waals surface area (Å²) in [5, 5.41) is 0. The Morgan fingerprint density at radius 2 is 2.07 bits per heavy atom. The molecule has 1 nitrogen and oxygen atoms in total. The van der Waals surface area contributed by atoms with Crippen LogP contribution in [0, 0.1) is 23.2 Å². The maximum atomic E-state index is 6.49. The SMILES string of the molecule is C[C@H]1CCCC2(C1)[C@H]1CC[C@H](C1)[C@H]2N. The van der Waals surface area contributed by atoms with Crippen LogP contribution < -0.4 is 5.73 Å².